The number of aliphatic hydroxyl groups is 2. The Kier molecular flexibility index (Phi) is 6.85. The molecule has 2 rings (SSSR count). The summed E-state index contributed by atoms with van der Waals surface area (Å²) in [6.45, 7) is 7.22. The first-order chi connectivity index (χ1) is 13.0. The summed E-state index contributed by atoms with van der Waals surface area (Å²) in [6.07, 6.45) is 1.93. The minimum Gasteiger partial charge on any atom is -0.485 e. The fourth-order valence-corrected chi connectivity index (χ4v) is 3.20. The Morgan fingerprint density at radius 2 is 2.07 bits per heavy atom. The number of hydrogen-bond acceptors (Lipinski definition) is 5. The Morgan fingerprint density at radius 1 is 1.39 bits per heavy atom. The fourth-order valence-electron chi connectivity index (χ4n) is 3.20. The third kappa shape index (κ3) is 5.11. The van der Waals surface area contributed by atoms with Gasteiger partial charge in [-0.05, 0) is 64.3 Å². The topological polar surface area (TPSA) is 116 Å². The number of aliphatic hydroxyl groups excluding tert-OH is 2. The predicted molar refractivity (Wildman–Crippen MR) is 104 cm³/mol. The van der Waals surface area contributed by atoms with Crippen molar-refractivity contribution in [2.45, 2.75) is 70.8 Å². The molecule has 0 bridgehead atoms. The van der Waals surface area contributed by atoms with E-state index in [0.29, 0.717) is 24.2 Å². The minimum absolute atomic E-state index is 0.245. The van der Waals surface area contributed by atoms with Crippen LogP contribution in [-0.2, 0) is 11.2 Å². The monoisotopic (exact) mass is 391 g/mol. The number of amides is 1. The summed E-state index contributed by atoms with van der Waals surface area (Å²) < 4.78 is 6.06. The third-order valence-electron chi connectivity index (χ3n) is 5.01. The zero-order chi connectivity index (χ0) is 21.1. The van der Waals surface area contributed by atoms with Crippen LogP contribution in [-0.4, -0.2) is 51.0 Å². The van der Waals surface area contributed by atoms with Gasteiger partial charge in [-0.3, -0.25) is 4.79 Å². The lowest BCUT2D eigenvalue weighted by molar-refractivity contribution is -0.141. The van der Waals surface area contributed by atoms with E-state index in [0.717, 1.165) is 6.42 Å². The van der Waals surface area contributed by atoms with Crippen LogP contribution < -0.4 is 10.1 Å². The summed E-state index contributed by atoms with van der Waals surface area (Å²) in [6, 6.07) is 3.39. The molecule has 0 fully saturated rings. The zero-order valence-corrected chi connectivity index (χ0v) is 16.7. The van der Waals surface area contributed by atoms with Crippen molar-refractivity contribution in [1.29, 1.82) is 0 Å². The molecule has 1 heterocycles. The number of rotatable bonds is 7. The van der Waals surface area contributed by atoms with Crippen LogP contribution in [0.1, 0.15) is 56.5 Å². The first-order valence-electron chi connectivity index (χ1n) is 9.38. The van der Waals surface area contributed by atoms with E-state index < -0.39 is 35.7 Å². The van der Waals surface area contributed by atoms with E-state index in [2.05, 4.69) is 11.4 Å². The van der Waals surface area contributed by atoms with Gasteiger partial charge in [-0.25, -0.2) is 4.79 Å². The lowest BCUT2D eigenvalue weighted by Crippen LogP contribution is -2.49. The number of nitrogens with one attached hydrogen (secondary N) is 1. The standard InChI is InChI=1S/C21H29NO6/c1-12(2)6-5-9-21(4)17(24)11-15-10-14(7-8-16(15)28-21)19(25)22-18(13(3)23)20(26)27/h6-8,10,13,17-18,23-24H,5,9,11H2,1-4H3,(H,22,25)(H,26,27)/t13-,17+,18?,21+/m1/s1. The molecule has 0 spiro atoms. The maximum atomic E-state index is 12.4. The molecule has 1 amide bonds. The normalized spacial score (nSPS) is 23.0. The van der Waals surface area contributed by atoms with Gasteiger partial charge in [0.1, 0.15) is 11.4 Å². The molecule has 1 unspecified atom stereocenters. The first kappa shape index (κ1) is 21.9. The van der Waals surface area contributed by atoms with Crippen molar-refractivity contribution in [2.24, 2.45) is 0 Å². The van der Waals surface area contributed by atoms with Gasteiger partial charge >= 0.3 is 5.97 Å². The Balaban J connectivity index is 2.16. The second kappa shape index (κ2) is 8.75. The fraction of sp³-hybridized carbons (Fsp3) is 0.524. The molecule has 1 aliphatic rings. The van der Waals surface area contributed by atoms with Gasteiger partial charge in [-0.1, -0.05) is 11.6 Å². The molecule has 4 atom stereocenters. The molecule has 154 valence electrons. The quantitative estimate of drug-likeness (QED) is 0.529. The lowest BCUT2D eigenvalue weighted by Gasteiger charge is -2.40. The van der Waals surface area contributed by atoms with E-state index in [9.17, 15) is 19.8 Å². The van der Waals surface area contributed by atoms with Gasteiger partial charge in [-0.2, -0.15) is 0 Å². The number of carbonyl (C=O) groups is 2. The molecule has 1 aromatic rings. The van der Waals surface area contributed by atoms with Crippen molar-refractivity contribution in [1.82, 2.24) is 5.32 Å². The van der Waals surface area contributed by atoms with Crippen molar-refractivity contribution >= 4 is 11.9 Å². The minimum atomic E-state index is -1.40. The Bertz CT molecular complexity index is 768. The van der Waals surface area contributed by atoms with Crippen LogP contribution in [0.2, 0.25) is 0 Å². The smallest absolute Gasteiger partial charge is 0.328 e. The highest BCUT2D eigenvalue weighted by Gasteiger charge is 2.39. The van der Waals surface area contributed by atoms with E-state index >= 15 is 0 Å². The number of aliphatic carboxylic acids is 1. The number of ether oxygens (including phenoxy) is 1. The zero-order valence-electron chi connectivity index (χ0n) is 16.7. The largest absolute Gasteiger partial charge is 0.485 e. The number of hydrogen-bond donors (Lipinski definition) is 4. The Hall–Kier alpha value is -2.38. The van der Waals surface area contributed by atoms with Crippen LogP contribution in [0, 0.1) is 0 Å². The van der Waals surface area contributed by atoms with Crippen molar-refractivity contribution < 1.29 is 29.6 Å². The van der Waals surface area contributed by atoms with Crippen LogP contribution in [0.3, 0.4) is 0 Å². The van der Waals surface area contributed by atoms with Crippen molar-refractivity contribution in [3.8, 4) is 5.75 Å². The summed E-state index contributed by atoms with van der Waals surface area (Å²) in [5, 5.41) is 31.5. The highest BCUT2D eigenvalue weighted by molar-refractivity contribution is 5.97. The Morgan fingerprint density at radius 3 is 2.64 bits per heavy atom. The van der Waals surface area contributed by atoms with Crippen LogP contribution in [0.4, 0.5) is 0 Å². The average molecular weight is 391 g/mol. The maximum absolute atomic E-state index is 12.4. The van der Waals surface area contributed by atoms with Crippen LogP contribution in [0.15, 0.2) is 29.8 Å². The molecule has 7 heteroatoms. The second-order valence-electron chi connectivity index (χ2n) is 7.81. The number of carbonyl (C=O) groups excluding carboxylic acids is 1. The maximum Gasteiger partial charge on any atom is 0.328 e. The van der Waals surface area contributed by atoms with Crippen LogP contribution >= 0.6 is 0 Å². The van der Waals surface area contributed by atoms with Crippen molar-refractivity contribution in [2.75, 3.05) is 0 Å². The number of benzene rings is 1. The molecular formula is C21H29NO6. The van der Waals surface area contributed by atoms with Crippen LogP contribution in [0.5, 0.6) is 5.75 Å². The predicted octanol–water partition coefficient (Wildman–Crippen LogP) is 2.05. The van der Waals surface area contributed by atoms with Gasteiger partial charge in [0.2, 0.25) is 0 Å². The SMILES string of the molecule is CC(C)=CCC[C@]1(C)Oc2ccc(C(=O)NC(C(=O)O)[C@@H](C)O)cc2C[C@@H]1O. The van der Waals surface area contributed by atoms with Crippen molar-refractivity contribution in [3.05, 3.63) is 41.0 Å². The van der Waals surface area contributed by atoms with Gasteiger partial charge in [0.25, 0.3) is 5.91 Å². The Labute approximate surface area is 165 Å². The molecule has 0 aromatic heterocycles. The molecule has 0 radical (unpaired) electrons. The van der Waals surface area contributed by atoms with Gasteiger partial charge in [0.15, 0.2) is 6.04 Å². The highest BCUT2D eigenvalue weighted by atomic mass is 16.5. The van der Waals surface area contributed by atoms with Gasteiger partial charge in [0.05, 0.1) is 12.2 Å². The van der Waals surface area contributed by atoms with E-state index in [1.54, 1.807) is 18.2 Å². The van der Waals surface area contributed by atoms with E-state index in [4.69, 9.17) is 9.84 Å². The number of allylic oxidation sites excluding steroid dienone is 2. The summed E-state index contributed by atoms with van der Waals surface area (Å²) in [7, 11) is 0. The highest BCUT2D eigenvalue weighted by Crippen LogP contribution is 2.36. The molecule has 4 N–H and O–H groups in total. The molecule has 0 aliphatic carbocycles. The molecule has 7 nitrogen and oxygen atoms in total. The van der Waals surface area contributed by atoms with Gasteiger partial charge in [-0.15, -0.1) is 0 Å². The third-order valence-corrected chi connectivity index (χ3v) is 5.01. The van der Waals surface area contributed by atoms with E-state index in [1.165, 1.54) is 12.5 Å². The molecule has 28 heavy (non-hydrogen) atoms. The average Bonchev–Trinajstić information content (AvgIpc) is 2.59. The molecule has 1 aromatic carbocycles. The van der Waals surface area contributed by atoms with E-state index in [-0.39, 0.29) is 5.56 Å². The number of fused-ring (bicyclic) bond motifs is 1. The van der Waals surface area contributed by atoms with Gasteiger partial charge in [0, 0.05) is 12.0 Å². The first-order valence-corrected chi connectivity index (χ1v) is 9.38. The summed E-state index contributed by atoms with van der Waals surface area (Å²) in [5.74, 6) is -1.32. The van der Waals surface area contributed by atoms with Crippen LogP contribution in [0.25, 0.3) is 0 Å². The van der Waals surface area contributed by atoms with Crippen molar-refractivity contribution in [3.63, 3.8) is 0 Å². The van der Waals surface area contributed by atoms with Gasteiger partial charge < -0.3 is 25.4 Å². The number of carboxylic acid groups (broad SMARTS) is 1. The molecule has 0 saturated carbocycles. The number of carboxylic acids is 1. The summed E-state index contributed by atoms with van der Waals surface area (Å²) >= 11 is 0. The summed E-state index contributed by atoms with van der Waals surface area (Å²) in [5.41, 5.74) is 1.42. The summed E-state index contributed by atoms with van der Waals surface area (Å²) in [4.78, 5) is 23.5. The molecule has 1 aliphatic heterocycles. The lowest BCUT2D eigenvalue weighted by atomic mass is 9.85. The second-order valence-corrected chi connectivity index (χ2v) is 7.81. The molecule has 0 saturated heterocycles. The van der Waals surface area contributed by atoms with E-state index in [1.807, 2.05) is 20.8 Å². The molecular weight excluding hydrogens is 362 g/mol.